The first-order valence-electron chi connectivity index (χ1n) is 10.4. The maximum absolute atomic E-state index is 11.2. The van der Waals surface area contributed by atoms with Crippen molar-refractivity contribution in [2.45, 2.75) is 119 Å². The second-order valence-corrected chi connectivity index (χ2v) is 22.7. The van der Waals surface area contributed by atoms with Gasteiger partial charge in [-0.05, 0) is 20.8 Å². The molecule has 0 N–H and O–H groups in total. The Balaban J connectivity index is -0.000000393. The Kier molecular flexibility index (Phi) is 21.9. The number of hydrogen-bond acceptors (Lipinski definition) is 2. The Morgan fingerprint density at radius 1 is 0.885 bits per heavy atom. The Labute approximate surface area is 185 Å². The molecule has 0 aliphatic heterocycles. The number of carbonyl (C=O) groups excluding carboxylic acids is 1. The van der Waals surface area contributed by atoms with Gasteiger partial charge in [0.25, 0.3) is 0 Å². The third-order valence-electron chi connectivity index (χ3n) is 3.61. The Morgan fingerprint density at radius 2 is 1.23 bits per heavy atom. The van der Waals surface area contributed by atoms with E-state index < -0.39 is 27.8 Å². The van der Waals surface area contributed by atoms with Crippen LogP contribution in [0.5, 0.6) is 0 Å². The van der Waals surface area contributed by atoms with E-state index in [1.54, 1.807) is 19.4 Å². The third-order valence-corrected chi connectivity index (χ3v) is 13.8. The van der Waals surface area contributed by atoms with E-state index >= 15 is 0 Å². The molecule has 0 saturated heterocycles. The van der Waals surface area contributed by atoms with E-state index in [4.69, 9.17) is 4.74 Å². The van der Waals surface area contributed by atoms with Gasteiger partial charge in [0.2, 0.25) is 0 Å². The molecule has 1 radical (unpaired) electrons. The molecule has 0 heterocycles. The van der Waals surface area contributed by atoms with Crippen LogP contribution in [0.15, 0.2) is 0 Å². The molecule has 0 amide bonds. The summed E-state index contributed by atoms with van der Waals surface area (Å²) in [5.41, 5.74) is -0.368. The molecule has 0 aliphatic rings. The van der Waals surface area contributed by atoms with Crippen LogP contribution in [0.25, 0.3) is 0 Å². The van der Waals surface area contributed by atoms with Crippen molar-refractivity contribution in [2.24, 2.45) is 0 Å². The van der Waals surface area contributed by atoms with Crippen LogP contribution < -0.4 is 18.9 Å². The zero-order valence-electron chi connectivity index (χ0n) is 19.8. The van der Waals surface area contributed by atoms with Crippen LogP contribution in [0, 0.1) is 6.04 Å². The first kappa shape index (κ1) is 31.6. The van der Waals surface area contributed by atoms with Crippen molar-refractivity contribution in [3.8, 4) is 0 Å². The molecular formula is C21H46LiO2SiSn. The second kappa shape index (κ2) is 18.0. The van der Waals surface area contributed by atoms with Crippen LogP contribution >= 0.6 is 0 Å². The van der Waals surface area contributed by atoms with Gasteiger partial charge in [0, 0.05) is 0 Å². The van der Waals surface area contributed by atoms with Gasteiger partial charge in [-0.15, -0.1) is 0 Å². The SMILES string of the molecule is CC(C)(C)OC(=O)[CH-][Si](C)(C)C.CCC[CH2][Sn]([CH2]CCC)[CH2]CCC.[Li+]. The summed E-state index contributed by atoms with van der Waals surface area (Å²) in [6.45, 7) is 19.0. The topological polar surface area (TPSA) is 26.3 Å². The number of unbranched alkanes of at least 4 members (excludes halogenated alkanes) is 3. The molecule has 0 fully saturated rings. The predicted molar refractivity (Wildman–Crippen MR) is 118 cm³/mol. The standard InChI is InChI=1S/C9H19O2Si.3C4H9.Li.Sn/c1-9(2,3)11-8(10)7-12(4,5)6;3*1-3-4-2;;/h7H,1-6H3;3*1,3-4H2,2H3;;/q-1;;;;+1;. The van der Waals surface area contributed by atoms with Crippen LogP contribution in [-0.2, 0) is 9.53 Å². The summed E-state index contributed by atoms with van der Waals surface area (Å²) in [5.74, 6) is -0.179. The van der Waals surface area contributed by atoms with E-state index in [1.807, 2.05) is 20.8 Å². The van der Waals surface area contributed by atoms with E-state index in [9.17, 15) is 4.79 Å². The molecule has 0 saturated carbocycles. The van der Waals surface area contributed by atoms with E-state index in [0.717, 1.165) is 0 Å². The fourth-order valence-corrected chi connectivity index (χ4v) is 12.6. The van der Waals surface area contributed by atoms with Crippen molar-refractivity contribution >= 4 is 33.8 Å². The van der Waals surface area contributed by atoms with Gasteiger partial charge in [-0.3, -0.25) is 10.8 Å². The van der Waals surface area contributed by atoms with Crippen molar-refractivity contribution in [3.63, 3.8) is 0 Å². The molecule has 2 nitrogen and oxygen atoms in total. The first-order chi connectivity index (χ1) is 11.4. The van der Waals surface area contributed by atoms with Gasteiger partial charge in [-0.1, -0.05) is 27.7 Å². The van der Waals surface area contributed by atoms with Gasteiger partial charge in [0.1, 0.15) is 5.60 Å². The van der Waals surface area contributed by atoms with Crippen LogP contribution in [0.1, 0.15) is 80.1 Å². The molecule has 26 heavy (non-hydrogen) atoms. The summed E-state index contributed by atoms with van der Waals surface area (Å²) in [6.07, 6.45) is 8.85. The first-order valence-corrected chi connectivity index (χ1v) is 20.0. The number of hydrogen-bond donors (Lipinski definition) is 0. The minimum atomic E-state index is -1.42. The van der Waals surface area contributed by atoms with E-state index in [-0.39, 0.29) is 30.4 Å². The maximum Gasteiger partial charge on any atom is 1.00 e. The van der Waals surface area contributed by atoms with Gasteiger partial charge < -0.3 is 4.74 Å². The van der Waals surface area contributed by atoms with Gasteiger partial charge in [0.15, 0.2) is 5.97 Å². The minimum Gasteiger partial charge on any atom is 1.00 e. The van der Waals surface area contributed by atoms with Gasteiger partial charge >= 0.3 is 111 Å². The van der Waals surface area contributed by atoms with E-state index in [1.165, 1.54) is 38.5 Å². The molecule has 0 aromatic carbocycles. The number of rotatable bonds is 11. The van der Waals surface area contributed by atoms with Gasteiger partial charge in [-0.25, -0.2) is 0 Å². The average molecular weight is 484 g/mol. The summed E-state index contributed by atoms with van der Waals surface area (Å²) in [7, 11) is -1.42. The molecule has 0 atom stereocenters. The zero-order chi connectivity index (χ0) is 19.9. The largest absolute Gasteiger partial charge is 1.00 e. The Morgan fingerprint density at radius 3 is 1.46 bits per heavy atom. The van der Waals surface area contributed by atoms with Crippen LogP contribution in [0.2, 0.25) is 33.0 Å². The van der Waals surface area contributed by atoms with Crippen molar-refractivity contribution in [1.29, 1.82) is 0 Å². The van der Waals surface area contributed by atoms with E-state index in [2.05, 4.69) is 40.4 Å². The fraction of sp³-hybridized carbons (Fsp3) is 0.905. The summed E-state index contributed by atoms with van der Waals surface area (Å²) >= 11 is -0.839. The van der Waals surface area contributed by atoms with Crippen LogP contribution in [0.4, 0.5) is 0 Å². The maximum atomic E-state index is 11.2. The van der Waals surface area contributed by atoms with Crippen molar-refractivity contribution < 1.29 is 28.4 Å². The molecule has 151 valence electrons. The molecule has 0 aliphatic carbocycles. The van der Waals surface area contributed by atoms with Crippen molar-refractivity contribution in [3.05, 3.63) is 6.04 Å². The molecule has 0 unspecified atom stereocenters. The molecule has 0 aromatic heterocycles. The number of ether oxygens (including phenoxy) is 1. The summed E-state index contributed by atoms with van der Waals surface area (Å²) < 4.78 is 10.2. The molecule has 5 heteroatoms. The quantitative estimate of drug-likeness (QED) is 0.249. The van der Waals surface area contributed by atoms with Crippen molar-refractivity contribution in [2.75, 3.05) is 0 Å². The normalized spacial score (nSPS) is 11.3. The van der Waals surface area contributed by atoms with Crippen LogP contribution in [-0.4, -0.2) is 39.4 Å². The fourth-order valence-electron chi connectivity index (χ4n) is 2.34. The van der Waals surface area contributed by atoms with Gasteiger partial charge in [0.05, 0.1) is 0 Å². The molecular weight excluding hydrogens is 438 g/mol. The molecule has 0 rings (SSSR count). The van der Waals surface area contributed by atoms with Crippen molar-refractivity contribution in [1.82, 2.24) is 0 Å². The number of carbonyl (C=O) groups is 1. The monoisotopic (exact) mass is 485 g/mol. The average Bonchev–Trinajstić information content (AvgIpc) is 2.43. The molecule has 0 bridgehead atoms. The molecule has 0 aromatic rings. The summed E-state index contributed by atoms with van der Waals surface area (Å²) in [5, 5.41) is 0. The van der Waals surface area contributed by atoms with Crippen LogP contribution in [0.3, 0.4) is 0 Å². The minimum absolute atomic E-state index is 0. The zero-order valence-corrected chi connectivity index (χ0v) is 23.6. The molecule has 0 spiro atoms. The predicted octanol–water partition coefficient (Wildman–Crippen LogP) is 4.30. The smallest absolute Gasteiger partial charge is 1.00 e. The summed E-state index contributed by atoms with van der Waals surface area (Å²) in [4.78, 5) is 11.2. The Hall–Kier alpha value is 0.953. The number of esters is 1. The third kappa shape index (κ3) is 27.2. The van der Waals surface area contributed by atoms with Gasteiger partial charge in [-0.2, -0.15) is 0 Å². The summed E-state index contributed by atoms with van der Waals surface area (Å²) in [6, 6.07) is 1.73. The second-order valence-electron chi connectivity index (χ2n) is 9.10. The van der Waals surface area contributed by atoms with E-state index in [0.29, 0.717) is 0 Å². The Bertz CT molecular complexity index is 288.